The second-order valence-corrected chi connectivity index (χ2v) is 4.86. The summed E-state index contributed by atoms with van der Waals surface area (Å²) in [5, 5.41) is 4.44. The highest BCUT2D eigenvalue weighted by molar-refractivity contribution is 5.89. The number of carbonyl (C=O) groups is 2. The van der Waals surface area contributed by atoms with E-state index in [4.69, 9.17) is 0 Å². The average Bonchev–Trinajstić information content (AvgIpc) is 2.20. The first kappa shape index (κ1) is 15.8. The maximum atomic E-state index is 11.9. The van der Waals surface area contributed by atoms with Crippen molar-refractivity contribution in [2.24, 2.45) is 5.41 Å². The molecule has 2 amide bonds. The van der Waals surface area contributed by atoms with Crippen LogP contribution in [0.15, 0.2) is 0 Å². The van der Waals surface area contributed by atoms with Gasteiger partial charge in [-0.3, -0.25) is 4.79 Å². The van der Waals surface area contributed by atoms with Crippen molar-refractivity contribution in [3.63, 3.8) is 0 Å². The lowest BCUT2D eigenvalue weighted by Crippen LogP contribution is -2.52. The molecule has 0 aromatic heterocycles. The Morgan fingerprint density at radius 2 is 1.76 bits per heavy atom. The van der Waals surface area contributed by atoms with Gasteiger partial charge < -0.3 is 10.6 Å². The number of hydrogen-bond donors (Lipinski definition) is 2. The van der Waals surface area contributed by atoms with Crippen LogP contribution in [0.25, 0.3) is 0 Å². The quantitative estimate of drug-likeness (QED) is 0.783. The molecule has 0 rings (SSSR count). The molecule has 0 fully saturated rings. The van der Waals surface area contributed by atoms with Crippen LogP contribution in [-0.4, -0.2) is 30.8 Å². The molecule has 0 saturated carbocycles. The van der Waals surface area contributed by atoms with E-state index in [0.29, 0.717) is 0 Å². The van der Waals surface area contributed by atoms with Gasteiger partial charge in [0, 0.05) is 6.42 Å². The van der Waals surface area contributed by atoms with Crippen LogP contribution < -0.4 is 10.6 Å². The Morgan fingerprint density at radius 3 is 2.12 bits per heavy atom. The minimum atomic E-state index is -2.60. The molecule has 1 atom stereocenters. The third-order valence-corrected chi connectivity index (χ3v) is 2.23. The van der Waals surface area contributed by atoms with Crippen LogP contribution >= 0.6 is 0 Å². The Labute approximate surface area is 100 Å². The van der Waals surface area contributed by atoms with E-state index in [1.165, 1.54) is 0 Å². The number of alkyl halides is 2. The largest absolute Gasteiger partial charge is 0.332 e. The van der Waals surface area contributed by atoms with Gasteiger partial charge in [0.15, 0.2) is 5.78 Å². The van der Waals surface area contributed by atoms with E-state index < -0.39 is 30.5 Å². The van der Waals surface area contributed by atoms with E-state index in [9.17, 15) is 18.4 Å². The van der Waals surface area contributed by atoms with Gasteiger partial charge in [0.2, 0.25) is 0 Å². The summed E-state index contributed by atoms with van der Waals surface area (Å²) in [6.45, 7) is 6.39. The number of amides is 2. The van der Waals surface area contributed by atoms with Gasteiger partial charge >= 0.3 is 6.03 Å². The number of halogens is 2. The Kier molecular flexibility index (Phi) is 6.05. The Balaban J connectivity index is 4.45. The number of urea groups is 1. The second-order valence-electron chi connectivity index (χ2n) is 4.86. The third-order valence-electron chi connectivity index (χ3n) is 2.23. The fourth-order valence-electron chi connectivity index (χ4n) is 1.34. The summed E-state index contributed by atoms with van der Waals surface area (Å²) in [5.74, 6) is -0.121. The van der Waals surface area contributed by atoms with E-state index in [2.05, 4.69) is 5.32 Å². The Morgan fingerprint density at radius 1 is 1.24 bits per heavy atom. The SMILES string of the molecule is CCC(=O)C(NC(=O)NCC(F)F)C(C)(C)C. The molecular weight excluding hydrogens is 230 g/mol. The van der Waals surface area contributed by atoms with Crippen molar-refractivity contribution in [2.75, 3.05) is 6.54 Å². The summed E-state index contributed by atoms with van der Waals surface area (Å²) >= 11 is 0. The summed E-state index contributed by atoms with van der Waals surface area (Å²) < 4.78 is 23.8. The minimum Gasteiger partial charge on any atom is -0.332 e. The highest BCUT2D eigenvalue weighted by Crippen LogP contribution is 2.20. The van der Waals surface area contributed by atoms with Gasteiger partial charge in [-0.05, 0) is 5.41 Å². The first-order chi connectivity index (χ1) is 7.68. The fourth-order valence-corrected chi connectivity index (χ4v) is 1.34. The maximum Gasteiger partial charge on any atom is 0.315 e. The van der Waals surface area contributed by atoms with Crippen molar-refractivity contribution in [3.05, 3.63) is 0 Å². The number of Topliss-reactive ketones (excluding diaryl/α,β-unsaturated/α-hetero) is 1. The molecule has 0 aromatic rings. The maximum absolute atomic E-state index is 11.9. The molecule has 0 spiro atoms. The van der Waals surface area contributed by atoms with E-state index in [1.807, 2.05) is 5.32 Å². The third kappa shape index (κ3) is 6.19. The highest BCUT2D eigenvalue weighted by atomic mass is 19.3. The minimum absolute atomic E-state index is 0.121. The van der Waals surface area contributed by atoms with Crippen LogP contribution in [0.2, 0.25) is 0 Å². The number of carbonyl (C=O) groups excluding carboxylic acids is 2. The molecule has 0 heterocycles. The molecule has 0 aliphatic carbocycles. The van der Waals surface area contributed by atoms with Gasteiger partial charge in [0.25, 0.3) is 6.43 Å². The summed E-state index contributed by atoms with van der Waals surface area (Å²) in [6, 6.07) is -1.42. The summed E-state index contributed by atoms with van der Waals surface area (Å²) in [6.07, 6.45) is -2.31. The predicted molar refractivity (Wildman–Crippen MR) is 61.1 cm³/mol. The van der Waals surface area contributed by atoms with Crippen LogP contribution in [0, 0.1) is 5.41 Å². The topological polar surface area (TPSA) is 58.2 Å². The zero-order valence-electron chi connectivity index (χ0n) is 10.6. The molecule has 0 radical (unpaired) electrons. The van der Waals surface area contributed by atoms with Gasteiger partial charge in [0.1, 0.15) is 0 Å². The van der Waals surface area contributed by atoms with Crippen molar-refractivity contribution >= 4 is 11.8 Å². The lowest BCUT2D eigenvalue weighted by atomic mass is 9.83. The zero-order chi connectivity index (χ0) is 13.6. The van der Waals surface area contributed by atoms with Gasteiger partial charge in [-0.2, -0.15) is 0 Å². The predicted octanol–water partition coefficient (Wildman–Crippen LogP) is 1.94. The molecule has 6 heteroatoms. The lowest BCUT2D eigenvalue weighted by Gasteiger charge is -2.30. The van der Waals surface area contributed by atoms with Crippen LogP contribution in [-0.2, 0) is 4.79 Å². The number of rotatable bonds is 5. The van der Waals surface area contributed by atoms with Crippen molar-refractivity contribution in [1.29, 1.82) is 0 Å². The lowest BCUT2D eigenvalue weighted by molar-refractivity contribution is -0.122. The molecule has 100 valence electrons. The van der Waals surface area contributed by atoms with E-state index in [0.717, 1.165) is 0 Å². The van der Waals surface area contributed by atoms with Gasteiger partial charge in [-0.25, -0.2) is 13.6 Å². The fraction of sp³-hybridized carbons (Fsp3) is 0.818. The molecule has 2 N–H and O–H groups in total. The van der Waals surface area contributed by atoms with Crippen molar-refractivity contribution < 1.29 is 18.4 Å². The molecule has 1 unspecified atom stereocenters. The average molecular weight is 250 g/mol. The molecule has 0 aliphatic heterocycles. The number of hydrogen-bond acceptors (Lipinski definition) is 2. The zero-order valence-corrected chi connectivity index (χ0v) is 10.6. The second kappa shape index (κ2) is 6.51. The number of ketones is 1. The van der Waals surface area contributed by atoms with Crippen molar-refractivity contribution in [1.82, 2.24) is 10.6 Å². The highest BCUT2D eigenvalue weighted by Gasteiger charge is 2.31. The standard InChI is InChI=1S/C11H20F2N2O2/c1-5-7(16)9(11(2,3)4)15-10(17)14-6-8(12)13/h8-9H,5-6H2,1-4H3,(H2,14,15,17). The van der Waals surface area contributed by atoms with Crippen molar-refractivity contribution in [2.45, 2.75) is 46.6 Å². The van der Waals surface area contributed by atoms with E-state index in [1.54, 1.807) is 27.7 Å². The molecule has 0 bridgehead atoms. The van der Waals surface area contributed by atoms with Crippen LogP contribution in [0.1, 0.15) is 34.1 Å². The van der Waals surface area contributed by atoms with Gasteiger partial charge in [-0.15, -0.1) is 0 Å². The van der Waals surface area contributed by atoms with Gasteiger partial charge in [-0.1, -0.05) is 27.7 Å². The summed E-state index contributed by atoms with van der Waals surface area (Å²) in [5.41, 5.74) is -0.449. The summed E-state index contributed by atoms with van der Waals surface area (Å²) in [4.78, 5) is 23.0. The Hall–Kier alpha value is -1.20. The molecule has 0 aromatic carbocycles. The molecule has 0 saturated heterocycles. The van der Waals surface area contributed by atoms with Crippen molar-refractivity contribution in [3.8, 4) is 0 Å². The smallest absolute Gasteiger partial charge is 0.315 e. The normalized spacial score (nSPS) is 13.4. The molecule has 17 heavy (non-hydrogen) atoms. The van der Waals surface area contributed by atoms with E-state index in [-0.39, 0.29) is 12.2 Å². The van der Waals surface area contributed by atoms with Crippen LogP contribution in [0.3, 0.4) is 0 Å². The number of nitrogens with one attached hydrogen (secondary N) is 2. The van der Waals surface area contributed by atoms with E-state index >= 15 is 0 Å². The first-order valence-electron chi connectivity index (χ1n) is 5.53. The monoisotopic (exact) mass is 250 g/mol. The molecule has 4 nitrogen and oxygen atoms in total. The van der Waals surface area contributed by atoms with Crippen LogP contribution in [0.4, 0.5) is 13.6 Å². The summed E-state index contributed by atoms with van der Waals surface area (Å²) in [7, 11) is 0. The molecule has 0 aliphatic rings. The van der Waals surface area contributed by atoms with Gasteiger partial charge in [0.05, 0.1) is 12.6 Å². The molecular formula is C11H20F2N2O2. The Bertz CT molecular complexity index is 275. The first-order valence-corrected chi connectivity index (χ1v) is 5.53. The van der Waals surface area contributed by atoms with Crippen LogP contribution in [0.5, 0.6) is 0 Å².